The molecule has 0 radical (unpaired) electrons. The molecule has 0 spiro atoms. The maximum Gasteiger partial charge on any atom is 0.124 e. The first-order valence-corrected chi connectivity index (χ1v) is 6.67. The summed E-state index contributed by atoms with van der Waals surface area (Å²) in [6.45, 7) is 1.15. The van der Waals surface area contributed by atoms with Gasteiger partial charge in [-0.2, -0.15) is 5.26 Å². The molecule has 2 atom stereocenters. The quantitative estimate of drug-likeness (QED) is 0.881. The van der Waals surface area contributed by atoms with Crippen molar-refractivity contribution in [1.82, 2.24) is 0 Å². The number of nitrogens with two attached hydrogens (primary N) is 1. The lowest BCUT2D eigenvalue weighted by Crippen LogP contribution is -2.25. The van der Waals surface area contributed by atoms with E-state index in [1.165, 1.54) is 6.42 Å². The van der Waals surface area contributed by atoms with Gasteiger partial charge in [-0.25, -0.2) is 0 Å². The second-order valence-electron chi connectivity index (χ2n) is 4.91. The molecule has 0 aromatic heterocycles. The molecule has 1 saturated carbocycles. The largest absolute Gasteiger partial charge is 0.496 e. The lowest BCUT2D eigenvalue weighted by molar-refractivity contribution is 0.0174. The maximum atomic E-state index is 8.94. The lowest BCUT2D eigenvalue weighted by atomic mass is 10.1. The van der Waals surface area contributed by atoms with E-state index in [9.17, 15) is 0 Å². The summed E-state index contributed by atoms with van der Waals surface area (Å²) in [5.74, 6) is 1.23. The molecule has 19 heavy (non-hydrogen) atoms. The van der Waals surface area contributed by atoms with Crippen LogP contribution in [0.25, 0.3) is 0 Å². The highest BCUT2D eigenvalue weighted by Gasteiger charge is 2.26. The van der Waals surface area contributed by atoms with Gasteiger partial charge in [0.2, 0.25) is 0 Å². The van der Waals surface area contributed by atoms with Gasteiger partial charge in [-0.1, -0.05) is 6.42 Å². The van der Waals surface area contributed by atoms with Crippen molar-refractivity contribution >= 4 is 0 Å². The summed E-state index contributed by atoms with van der Waals surface area (Å²) in [5.41, 5.74) is 7.29. The summed E-state index contributed by atoms with van der Waals surface area (Å²) in [4.78, 5) is 0. The lowest BCUT2D eigenvalue weighted by Gasteiger charge is -2.19. The van der Waals surface area contributed by atoms with Gasteiger partial charge in [-0.3, -0.25) is 0 Å². The number of methoxy groups -OCH3 is 1. The first-order chi connectivity index (χ1) is 9.28. The molecule has 0 amide bonds. The molecule has 4 heteroatoms. The van der Waals surface area contributed by atoms with E-state index >= 15 is 0 Å². The van der Waals surface area contributed by atoms with E-state index in [4.69, 9.17) is 20.5 Å². The number of hydrogen-bond donors (Lipinski definition) is 1. The second kappa shape index (κ2) is 6.55. The van der Waals surface area contributed by atoms with Gasteiger partial charge in [0, 0.05) is 5.56 Å². The van der Waals surface area contributed by atoms with Crippen molar-refractivity contribution in [3.8, 4) is 11.8 Å². The van der Waals surface area contributed by atoms with Crippen molar-refractivity contribution in [2.75, 3.05) is 13.7 Å². The maximum absolute atomic E-state index is 8.94. The molecule has 0 aliphatic heterocycles. The molecule has 102 valence electrons. The predicted molar refractivity (Wildman–Crippen MR) is 72.7 cm³/mol. The van der Waals surface area contributed by atoms with Crippen LogP contribution in [-0.2, 0) is 11.3 Å². The zero-order chi connectivity index (χ0) is 13.7. The fourth-order valence-electron chi connectivity index (χ4n) is 2.65. The molecule has 2 unspecified atom stereocenters. The average Bonchev–Trinajstić information content (AvgIpc) is 2.92. The monoisotopic (exact) mass is 260 g/mol. The van der Waals surface area contributed by atoms with Gasteiger partial charge in [0.15, 0.2) is 0 Å². The third kappa shape index (κ3) is 3.25. The van der Waals surface area contributed by atoms with Crippen molar-refractivity contribution in [1.29, 1.82) is 5.26 Å². The molecule has 0 bridgehead atoms. The zero-order valence-corrected chi connectivity index (χ0v) is 11.3. The van der Waals surface area contributed by atoms with Crippen LogP contribution in [0.3, 0.4) is 0 Å². The fourth-order valence-corrected chi connectivity index (χ4v) is 2.65. The van der Waals surface area contributed by atoms with Crippen LogP contribution >= 0.6 is 0 Å². The molecular weight excluding hydrogens is 240 g/mol. The topological polar surface area (TPSA) is 68.3 Å². The van der Waals surface area contributed by atoms with Crippen LogP contribution in [0, 0.1) is 17.2 Å². The molecule has 2 N–H and O–H groups in total. The normalized spacial score (nSPS) is 22.2. The summed E-state index contributed by atoms with van der Waals surface area (Å²) < 4.78 is 11.3. The number of rotatable bonds is 5. The standard InChI is InChI=1S/C15H20N2O2/c1-18-14-6-5-11(8-16)7-13(14)10-19-15-4-2-3-12(15)9-17/h5-7,12,15H,2-4,9-10,17H2,1H3. The van der Waals surface area contributed by atoms with E-state index in [1.807, 2.05) is 12.1 Å². The van der Waals surface area contributed by atoms with E-state index < -0.39 is 0 Å². The Morgan fingerprint density at radius 1 is 1.42 bits per heavy atom. The third-order valence-corrected chi connectivity index (χ3v) is 3.75. The fraction of sp³-hybridized carbons (Fsp3) is 0.533. The minimum absolute atomic E-state index is 0.237. The highest BCUT2D eigenvalue weighted by Crippen LogP contribution is 2.29. The Hall–Kier alpha value is -1.57. The van der Waals surface area contributed by atoms with E-state index in [-0.39, 0.29) is 6.10 Å². The molecule has 1 aliphatic rings. The smallest absolute Gasteiger partial charge is 0.124 e. The highest BCUT2D eigenvalue weighted by molar-refractivity contribution is 5.41. The van der Waals surface area contributed by atoms with Crippen LogP contribution in [0.5, 0.6) is 5.75 Å². The van der Waals surface area contributed by atoms with Crippen LogP contribution in [0.15, 0.2) is 18.2 Å². The molecule has 0 heterocycles. The van der Waals surface area contributed by atoms with Crippen LogP contribution in [-0.4, -0.2) is 19.8 Å². The molecular formula is C15H20N2O2. The molecule has 1 aromatic rings. The first kappa shape index (κ1) is 13.9. The number of nitriles is 1. The minimum atomic E-state index is 0.237. The second-order valence-corrected chi connectivity index (χ2v) is 4.91. The average molecular weight is 260 g/mol. The van der Waals surface area contributed by atoms with Crippen LogP contribution in [0.1, 0.15) is 30.4 Å². The number of benzene rings is 1. The Labute approximate surface area is 114 Å². The van der Waals surface area contributed by atoms with E-state index in [0.29, 0.717) is 24.6 Å². The third-order valence-electron chi connectivity index (χ3n) is 3.75. The van der Waals surface area contributed by atoms with Crippen molar-refractivity contribution < 1.29 is 9.47 Å². The molecule has 1 aliphatic carbocycles. The van der Waals surface area contributed by atoms with E-state index in [0.717, 1.165) is 24.2 Å². The van der Waals surface area contributed by atoms with E-state index in [2.05, 4.69) is 6.07 Å². The molecule has 2 rings (SSSR count). The Bertz CT molecular complexity index is 468. The number of ether oxygens (including phenoxy) is 2. The Morgan fingerprint density at radius 2 is 2.26 bits per heavy atom. The summed E-state index contributed by atoms with van der Waals surface area (Å²) in [5, 5.41) is 8.94. The van der Waals surface area contributed by atoms with Gasteiger partial charge in [0.1, 0.15) is 5.75 Å². The summed E-state index contributed by atoms with van der Waals surface area (Å²) >= 11 is 0. The Balaban J connectivity index is 2.04. The van der Waals surface area contributed by atoms with Crippen molar-refractivity contribution in [3.05, 3.63) is 29.3 Å². The molecule has 1 aromatic carbocycles. The predicted octanol–water partition coefficient (Wildman–Crippen LogP) is 2.21. The van der Waals surface area contributed by atoms with Gasteiger partial charge in [-0.05, 0) is 43.5 Å². The van der Waals surface area contributed by atoms with Crippen LogP contribution in [0.4, 0.5) is 0 Å². The summed E-state index contributed by atoms with van der Waals surface area (Å²) in [7, 11) is 1.63. The summed E-state index contributed by atoms with van der Waals surface area (Å²) in [6.07, 6.45) is 3.64. The van der Waals surface area contributed by atoms with Crippen molar-refractivity contribution in [2.24, 2.45) is 11.7 Å². The zero-order valence-electron chi connectivity index (χ0n) is 11.3. The molecule has 1 fully saturated rings. The minimum Gasteiger partial charge on any atom is -0.496 e. The number of nitrogens with zero attached hydrogens (tertiary/aromatic N) is 1. The Morgan fingerprint density at radius 3 is 2.95 bits per heavy atom. The Kier molecular flexibility index (Phi) is 4.78. The van der Waals surface area contributed by atoms with Crippen LogP contribution in [0.2, 0.25) is 0 Å². The van der Waals surface area contributed by atoms with Gasteiger partial charge < -0.3 is 15.2 Å². The SMILES string of the molecule is COc1ccc(C#N)cc1COC1CCCC1CN. The summed E-state index contributed by atoms with van der Waals surface area (Å²) in [6, 6.07) is 7.52. The van der Waals surface area contributed by atoms with Gasteiger partial charge in [0.05, 0.1) is 31.5 Å². The van der Waals surface area contributed by atoms with Crippen LogP contribution < -0.4 is 10.5 Å². The van der Waals surface area contributed by atoms with Gasteiger partial charge in [-0.15, -0.1) is 0 Å². The highest BCUT2D eigenvalue weighted by atomic mass is 16.5. The van der Waals surface area contributed by atoms with Gasteiger partial charge >= 0.3 is 0 Å². The first-order valence-electron chi connectivity index (χ1n) is 6.67. The van der Waals surface area contributed by atoms with E-state index in [1.54, 1.807) is 13.2 Å². The molecule has 0 saturated heterocycles. The van der Waals surface area contributed by atoms with Crippen molar-refractivity contribution in [3.63, 3.8) is 0 Å². The number of hydrogen-bond acceptors (Lipinski definition) is 4. The molecule has 4 nitrogen and oxygen atoms in total. The van der Waals surface area contributed by atoms with Gasteiger partial charge in [0.25, 0.3) is 0 Å². The van der Waals surface area contributed by atoms with Crippen molar-refractivity contribution in [2.45, 2.75) is 32.0 Å².